The van der Waals surface area contributed by atoms with Crippen LogP contribution in [0.25, 0.3) is 0 Å². The molecule has 0 aliphatic carbocycles. The van der Waals surface area contributed by atoms with E-state index >= 15 is 0 Å². The number of benzene rings is 2. The number of anilines is 1. The summed E-state index contributed by atoms with van der Waals surface area (Å²) in [6.07, 6.45) is 0. The molecule has 0 bridgehead atoms. The van der Waals surface area contributed by atoms with Gasteiger partial charge < -0.3 is 25.2 Å². The summed E-state index contributed by atoms with van der Waals surface area (Å²) < 4.78 is 10.6. The third kappa shape index (κ3) is 3.54. The van der Waals surface area contributed by atoms with Crippen molar-refractivity contribution < 1.29 is 19.4 Å². The van der Waals surface area contributed by atoms with E-state index in [1.54, 1.807) is 37.3 Å². The van der Waals surface area contributed by atoms with Gasteiger partial charge in [0.25, 0.3) is 0 Å². The number of ether oxygens (including phenoxy) is 2. The standard InChI is InChI=1S/C17H18N2O4/c1-17(21,12-7-8-14-15(9-12)23-11-22-14)10-18-16(20)19-13-5-3-2-4-6-13/h2-9,21H,10-11H2,1H3,(H2,18,19,20). The highest BCUT2D eigenvalue weighted by Crippen LogP contribution is 2.35. The number of hydrogen-bond acceptors (Lipinski definition) is 4. The van der Waals surface area contributed by atoms with Gasteiger partial charge in [0.05, 0.1) is 6.54 Å². The molecule has 3 N–H and O–H groups in total. The number of amides is 2. The van der Waals surface area contributed by atoms with E-state index in [1.165, 1.54) is 0 Å². The van der Waals surface area contributed by atoms with E-state index in [-0.39, 0.29) is 19.4 Å². The van der Waals surface area contributed by atoms with Gasteiger partial charge in [-0.15, -0.1) is 0 Å². The Morgan fingerprint density at radius 3 is 2.70 bits per heavy atom. The first-order chi connectivity index (χ1) is 11.0. The van der Waals surface area contributed by atoms with Gasteiger partial charge in [0.15, 0.2) is 11.5 Å². The van der Waals surface area contributed by atoms with Crippen molar-refractivity contribution in [1.29, 1.82) is 0 Å². The lowest BCUT2D eigenvalue weighted by molar-refractivity contribution is 0.0597. The molecular formula is C17H18N2O4. The van der Waals surface area contributed by atoms with Gasteiger partial charge in [-0.1, -0.05) is 24.3 Å². The minimum absolute atomic E-state index is 0.0608. The van der Waals surface area contributed by atoms with Crippen LogP contribution >= 0.6 is 0 Å². The van der Waals surface area contributed by atoms with Crippen LogP contribution in [0.2, 0.25) is 0 Å². The quantitative estimate of drug-likeness (QED) is 0.810. The normalized spacial score (nSPS) is 14.9. The zero-order chi connectivity index (χ0) is 16.3. The van der Waals surface area contributed by atoms with E-state index in [9.17, 15) is 9.90 Å². The fourth-order valence-corrected chi connectivity index (χ4v) is 2.28. The topological polar surface area (TPSA) is 79.8 Å². The van der Waals surface area contributed by atoms with Crippen LogP contribution in [-0.2, 0) is 5.60 Å². The van der Waals surface area contributed by atoms with Crippen LogP contribution in [0.1, 0.15) is 12.5 Å². The highest BCUT2D eigenvalue weighted by Gasteiger charge is 2.26. The summed E-state index contributed by atoms with van der Waals surface area (Å²) in [4.78, 5) is 11.9. The van der Waals surface area contributed by atoms with Crippen molar-refractivity contribution in [2.45, 2.75) is 12.5 Å². The van der Waals surface area contributed by atoms with Crippen LogP contribution in [0.15, 0.2) is 48.5 Å². The molecule has 0 aromatic heterocycles. The van der Waals surface area contributed by atoms with Crippen molar-refractivity contribution in [3.05, 3.63) is 54.1 Å². The number of hydrogen-bond donors (Lipinski definition) is 3. The highest BCUT2D eigenvalue weighted by molar-refractivity contribution is 5.89. The molecule has 0 saturated carbocycles. The van der Waals surface area contributed by atoms with Gasteiger partial charge in [0, 0.05) is 5.69 Å². The van der Waals surface area contributed by atoms with Crippen LogP contribution in [0.3, 0.4) is 0 Å². The molecule has 6 nitrogen and oxygen atoms in total. The van der Waals surface area contributed by atoms with Crippen LogP contribution in [0.5, 0.6) is 11.5 Å². The Kier molecular flexibility index (Phi) is 4.08. The molecule has 0 saturated heterocycles. The van der Waals surface area contributed by atoms with Crippen LogP contribution in [-0.4, -0.2) is 24.5 Å². The summed E-state index contributed by atoms with van der Waals surface area (Å²) in [7, 11) is 0. The lowest BCUT2D eigenvalue weighted by atomic mass is 9.95. The zero-order valence-electron chi connectivity index (χ0n) is 12.7. The predicted molar refractivity (Wildman–Crippen MR) is 85.6 cm³/mol. The zero-order valence-corrected chi connectivity index (χ0v) is 12.7. The molecule has 120 valence electrons. The van der Waals surface area contributed by atoms with Crippen LogP contribution in [0.4, 0.5) is 10.5 Å². The Balaban J connectivity index is 1.61. The van der Waals surface area contributed by atoms with Gasteiger partial charge in [0.2, 0.25) is 6.79 Å². The van der Waals surface area contributed by atoms with Gasteiger partial charge in [-0.25, -0.2) is 4.79 Å². The predicted octanol–water partition coefficient (Wildman–Crippen LogP) is 2.44. The monoisotopic (exact) mass is 314 g/mol. The van der Waals surface area contributed by atoms with Crippen molar-refractivity contribution in [1.82, 2.24) is 5.32 Å². The minimum Gasteiger partial charge on any atom is -0.454 e. The highest BCUT2D eigenvalue weighted by atomic mass is 16.7. The average molecular weight is 314 g/mol. The fourth-order valence-electron chi connectivity index (χ4n) is 2.28. The number of nitrogens with one attached hydrogen (secondary N) is 2. The van der Waals surface area contributed by atoms with Crippen molar-refractivity contribution in [2.24, 2.45) is 0 Å². The summed E-state index contributed by atoms with van der Waals surface area (Å²) in [5.41, 5.74) is 0.101. The Morgan fingerprint density at radius 2 is 1.91 bits per heavy atom. The molecule has 6 heteroatoms. The maximum absolute atomic E-state index is 11.9. The van der Waals surface area contributed by atoms with Gasteiger partial charge in [0.1, 0.15) is 5.60 Å². The molecule has 1 aliphatic rings. The van der Waals surface area contributed by atoms with Crippen LogP contribution in [0, 0.1) is 0 Å². The van der Waals surface area contributed by atoms with Crippen molar-refractivity contribution in [2.75, 3.05) is 18.7 Å². The summed E-state index contributed by atoms with van der Waals surface area (Å²) >= 11 is 0. The molecule has 2 aromatic carbocycles. The Hall–Kier alpha value is -2.73. The second-order valence-corrected chi connectivity index (χ2v) is 5.52. The van der Waals surface area contributed by atoms with Crippen molar-refractivity contribution >= 4 is 11.7 Å². The second-order valence-electron chi connectivity index (χ2n) is 5.52. The van der Waals surface area contributed by atoms with E-state index in [4.69, 9.17) is 9.47 Å². The number of carbonyl (C=O) groups excluding carboxylic acids is 1. The molecular weight excluding hydrogens is 296 g/mol. The average Bonchev–Trinajstić information content (AvgIpc) is 3.02. The number of urea groups is 1. The largest absolute Gasteiger partial charge is 0.454 e. The molecule has 0 radical (unpaired) electrons. The number of para-hydroxylation sites is 1. The van der Waals surface area contributed by atoms with Gasteiger partial charge in [-0.05, 0) is 36.8 Å². The lowest BCUT2D eigenvalue weighted by Crippen LogP contribution is -2.40. The third-order valence-corrected chi connectivity index (χ3v) is 3.62. The van der Waals surface area contributed by atoms with Gasteiger partial charge >= 0.3 is 6.03 Å². The maximum Gasteiger partial charge on any atom is 0.319 e. The van der Waals surface area contributed by atoms with Gasteiger partial charge in [-0.2, -0.15) is 0 Å². The smallest absolute Gasteiger partial charge is 0.319 e. The molecule has 1 heterocycles. The molecule has 1 atom stereocenters. The molecule has 0 spiro atoms. The van der Waals surface area contributed by atoms with E-state index in [0.29, 0.717) is 22.7 Å². The molecule has 0 fully saturated rings. The van der Waals surface area contributed by atoms with E-state index < -0.39 is 5.60 Å². The lowest BCUT2D eigenvalue weighted by Gasteiger charge is -2.24. The van der Waals surface area contributed by atoms with E-state index in [1.807, 2.05) is 18.2 Å². The number of aliphatic hydroxyl groups is 1. The number of fused-ring (bicyclic) bond motifs is 1. The summed E-state index contributed by atoms with van der Waals surface area (Å²) in [5.74, 6) is 1.25. The Labute approximate surface area is 134 Å². The first-order valence-corrected chi connectivity index (χ1v) is 7.27. The first kappa shape index (κ1) is 15.2. The van der Waals surface area contributed by atoms with Crippen LogP contribution < -0.4 is 20.1 Å². The van der Waals surface area contributed by atoms with Crippen molar-refractivity contribution in [3.63, 3.8) is 0 Å². The van der Waals surface area contributed by atoms with Crippen molar-refractivity contribution in [3.8, 4) is 11.5 Å². The molecule has 2 amide bonds. The molecule has 1 unspecified atom stereocenters. The summed E-state index contributed by atoms with van der Waals surface area (Å²) in [6, 6.07) is 14.0. The molecule has 2 aromatic rings. The first-order valence-electron chi connectivity index (χ1n) is 7.27. The van der Waals surface area contributed by atoms with E-state index in [0.717, 1.165) is 0 Å². The third-order valence-electron chi connectivity index (χ3n) is 3.62. The molecule has 3 rings (SSSR count). The molecule has 23 heavy (non-hydrogen) atoms. The van der Waals surface area contributed by atoms with Gasteiger partial charge in [-0.3, -0.25) is 0 Å². The fraction of sp³-hybridized carbons (Fsp3) is 0.235. The number of carbonyl (C=O) groups is 1. The SMILES string of the molecule is CC(O)(CNC(=O)Nc1ccccc1)c1ccc2c(c1)OCO2. The second kappa shape index (κ2) is 6.18. The Morgan fingerprint density at radius 1 is 1.17 bits per heavy atom. The Bertz CT molecular complexity index is 701. The summed E-state index contributed by atoms with van der Waals surface area (Å²) in [5, 5.41) is 16.0. The summed E-state index contributed by atoms with van der Waals surface area (Å²) in [6.45, 7) is 1.87. The minimum atomic E-state index is -1.23. The molecule has 1 aliphatic heterocycles. The number of rotatable bonds is 4. The maximum atomic E-state index is 11.9. The van der Waals surface area contributed by atoms with E-state index in [2.05, 4.69) is 10.6 Å².